The Morgan fingerprint density at radius 1 is 1.25 bits per heavy atom. The van der Waals surface area contributed by atoms with E-state index in [0.29, 0.717) is 18.0 Å². The van der Waals surface area contributed by atoms with Gasteiger partial charge in [0.1, 0.15) is 5.82 Å². The van der Waals surface area contributed by atoms with Crippen molar-refractivity contribution in [1.82, 2.24) is 4.90 Å². The Bertz CT molecular complexity index is 429. The quantitative estimate of drug-likeness (QED) is 0.744. The van der Waals surface area contributed by atoms with E-state index in [1.807, 2.05) is 0 Å². The zero-order valence-electron chi connectivity index (χ0n) is 11.7. The molecule has 4 heteroatoms. The Morgan fingerprint density at radius 3 is 2.50 bits per heavy atom. The molecule has 1 saturated carbocycles. The van der Waals surface area contributed by atoms with Crippen LogP contribution in [-0.4, -0.2) is 41.5 Å². The summed E-state index contributed by atoms with van der Waals surface area (Å²) in [6, 6.07) is 6.30. The van der Waals surface area contributed by atoms with Crippen molar-refractivity contribution >= 4 is 5.78 Å². The third-order valence-corrected chi connectivity index (χ3v) is 3.99. The van der Waals surface area contributed by atoms with Crippen LogP contribution in [0.2, 0.25) is 0 Å². The van der Waals surface area contributed by atoms with E-state index in [9.17, 15) is 9.18 Å². The Balaban J connectivity index is 1.84. The van der Waals surface area contributed by atoms with Crippen molar-refractivity contribution in [1.29, 1.82) is 0 Å². The molecule has 1 aliphatic rings. The van der Waals surface area contributed by atoms with Gasteiger partial charge in [-0.05, 0) is 43.5 Å². The number of ketones is 1. The monoisotopic (exact) mass is 279 g/mol. The highest BCUT2D eigenvalue weighted by atomic mass is 19.1. The molecule has 0 bridgehead atoms. The highest BCUT2D eigenvalue weighted by molar-refractivity contribution is 5.96. The molecule has 0 saturated heterocycles. The van der Waals surface area contributed by atoms with E-state index in [4.69, 9.17) is 5.11 Å². The van der Waals surface area contributed by atoms with Gasteiger partial charge in [0.05, 0.1) is 0 Å². The lowest BCUT2D eigenvalue weighted by molar-refractivity contribution is 0.0887. The topological polar surface area (TPSA) is 40.5 Å². The molecule has 0 atom stereocenters. The van der Waals surface area contributed by atoms with E-state index < -0.39 is 0 Å². The molecule has 20 heavy (non-hydrogen) atoms. The molecular weight excluding hydrogens is 257 g/mol. The van der Waals surface area contributed by atoms with Crippen molar-refractivity contribution in [3.05, 3.63) is 35.6 Å². The fourth-order valence-electron chi connectivity index (χ4n) is 2.53. The number of hydrogen-bond donors (Lipinski definition) is 1. The van der Waals surface area contributed by atoms with E-state index in [2.05, 4.69) is 4.90 Å². The van der Waals surface area contributed by atoms with Crippen LogP contribution in [0.25, 0.3) is 0 Å². The average molecular weight is 279 g/mol. The number of halogens is 1. The Hall–Kier alpha value is -1.26. The number of benzene rings is 1. The lowest BCUT2D eigenvalue weighted by Gasteiger charge is -2.37. The van der Waals surface area contributed by atoms with Gasteiger partial charge in [-0.3, -0.25) is 9.69 Å². The highest BCUT2D eigenvalue weighted by Gasteiger charge is 2.24. The summed E-state index contributed by atoms with van der Waals surface area (Å²) >= 11 is 0. The van der Waals surface area contributed by atoms with Gasteiger partial charge in [-0.2, -0.15) is 0 Å². The van der Waals surface area contributed by atoms with Gasteiger partial charge in [0.25, 0.3) is 0 Å². The zero-order chi connectivity index (χ0) is 14.4. The fraction of sp³-hybridized carbons (Fsp3) is 0.562. The maximum absolute atomic E-state index is 12.8. The van der Waals surface area contributed by atoms with Crippen LogP contribution in [-0.2, 0) is 0 Å². The molecule has 1 N–H and O–H groups in total. The molecule has 1 fully saturated rings. The number of rotatable bonds is 8. The summed E-state index contributed by atoms with van der Waals surface area (Å²) in [6.07, 6.45) is 4.84. The van der Waals surface area contributed by atoms with Crippen molar-refractivity contribution in [3.63, 3.8) is 0 Å². The molecule has 0 spiro atoms. The van der Waals surface area contributed by atoms with Crippen LogP contribution in [0, 0.1) is 5.82 Å². The maximum atomic E-state index is 12.8. The summed E-state index contributed by atoms with van der Waals surface area (Å²) < 4.78 is 12.8. The van der Waals surface area contributed by atoms with E-state index in [-0.39, 0.29) is 18.2 Å². The van der Waals surface area contributed by atoms with E-state index in [1.165, 1.54) is 31.4 Å². The lowest BCUT2D eigenvalue weighted by atomic mass is 9.91. The smallest absolute Gasteiger partial charge is 0.164 e. The van der Waals surface area contributed by atoms with Gasteiger partial charge in [0.2, 0.25) is 0 Å². The average Bonchev–Trinajstić information content (AvgIpc) is 2.40. The Morgan fingerprint density at radius 2 is 1.95 bits per heavy atom. The molecule has 2 rings (SSSR count). The van der Waals surface area contributed by atoms with Crippen molar-refractivity contribution in [2.45, 2.75) is 38.1 Å². The van der Waals surface area contributed by atoms with Gasteiger partial charge >= 0.3 is 0 Å². The fourth-order valence-corrected chi connectivity index (χ4v) is 2.53. The van der Waals surface area contributed by atoms with Crippen LogP contribution >= 0.6 is 0 Å². The van der Waals surface area contributed by atoms with Crippen molar-refractivity contribution < 1.29 is 14.3 Å². The molecule has 1 aromatic rings. The molecule has 0 aromatic heterocycles. The summed E-state index contributed by atoms with van der Waals surface area (Å²) in [5.41, 5.74) is 0.571. The van der Waals surface area contributed by atoms with Gasteiger partial charge < -0.3 is 5.11 Å². The molecule has 1 aliphatic carbocycles. The lowest BCUT2D eigenvalue weighted by Crippen LogP contribution is -2.42. The zero-order valence-corrected chi connectivity index (χ0v) is 11.7. The summed E-state index contributed by atoms with van der Waals surface area (Å²) in [5, 5.41) is 8.94. The molecule has 0 unspecified atom stereocenters. The highest BCUT2D eigenvalue weighted by Crippen LogP contribution is 2.25. The summed E-state index contributed by atoms with van der Waals surface area (Å²) in [4.78, 5) is 14.4. The van der Waals surface area contributed by atoms with Crippen LogP contribution in [0.5, 0.6) is 0 Å². The van der Waals surface area contributed by atoms with Gasteiger partial charge in [-0.1, -0.05) is 6.42 Å². The molecule has 0 radical (unpaired) electrons. The Kier molecular flexibility index (Phi) is 5.68. The second-order valence-corrected chi connectivity index (χ2v) is 5.38. The number of carbonyl (C=O) groups is 1. The molecule has 0 amide bonds. The van der Waals surface area contributed by atoms with E-state index in [0.717, 1.165) is 19.5 Å². The third-order valence-electron chi connectivity index (χ3n) is 3.99. The van der Waals surface area contributed by atoms with E-state index >= 15 is 0 Å². The first-order chi connectivity index (χ1) is 9.70. The summed E-state index contributed by atoms with van der Waals surface area (Å²) in [6.45, 7) is 1.76. The molecule has 0 aliphatic heterocycles. The molecule has 110 valence electrons. The molecule has 1 aromatic carbocycles. The van der Waals surface area contributed by atoms with Crippen LogP contribution in [0.3, 0.4) is 0 Å². The van der Waals surface area contributed by atoms with Crippen LogP contribution in [0.15, 0.2) is 24.3 Å². The van der Waals surface area contributed by atoms with Crippen LogP contribution in [0.4, 0.5) is 4.39 Å². The van der Waals surface area contributed by atoms with Gasteiger partial charge in [-0.15, -0.1) is 0 Å². The first-order valence-corrected chi connectivity index (χ1v) is 7.34. The second-order valence-electron chi connectivity index (χ2n) is 5.38. The number of hydrogen-bond acceptors (Lipinski definition) is 3. The first kappa shape index (κ1) is 15.1. The van der Waals surface area contributed by atoms with Crippen molar-refractivity contribution in [2.24, 2.45) is 0 Å². The van der Waals surface area contributed by atoms with Gasteiger partial charge in [0.15, 0.2) is 5.78 Å². The number of aliphatic hydroxyl groups excluding tert-OH is 1. The SMILES string of the molecule is O=C(CCN(CCCO)C1CCC1)c1ccc(F)cc1. The van der Waals surface area contributed by atoms with E-state index in [1.54, 1.807) is 12.1 Å². The normalized spacial score (nSPS) is 15.3. The van der Waals surface area contributed by atoms with Crippen LogP contribution in [0.1, 0.15) is 42.5 Å². The number of aliphatic hydroxyl groups is 1. The first-order valence-electron chi connectivity index (χ1n) is 7.34. The summed E-state index contributed by atoms with van der Waals surface area (Å²) in [5.74, 6) is -0.265. The number of nitrogens with zero attached hydrogens (tertiary/aromatic N) is 1. The minimum atomic E-state index is -0.319. The molecule has 3 nitrogen and oxygen atoms in total. The van der Waals surface area contributed by atoms with Gasteiger partial charge in [0, 0.05) is 37.7 Å². The largest absolute Gasteiger partial charge is 0.396 e. The molecular formula is C16H22FNO2. The predicted octanol–water partition coefficient (Wildman–Crippen LogP) is 2.64. The third kappa shape index (κ3) is 4.12. The predicted molar refractivity (Wildman–Crippen MR) is 76.3 cm³/mol. The standard InChI is InChI=1S/C16H22FNO2/c17-14-7-5-13(6-8-14)16(20)9-11-18(10-2-12-19)15-3-1-4-15/h5-8,15,19H,1-4,9-12H2. The number of Topliss-reactive ketones (excluding diaryl/α,β-unsaturated/α-hetero) is 1. The van der Waals surface area contributed by atoms with Crippen LogP contribution < -0.4 is 0 Å². The molecule has 0 heterocycles. The minimum absolute atomic E-state index is 0.0540. The minimum Gasteiger partial charge on any atom is -0.396 e. The second kappa shape index (κ2) is 7.50. The van der Waals surface area contributed by atoms with Gasteiger partial charge in [-0.25, -0.2) is 4.39 Å². The van der Waals surface area contributed by atoms with Crippen molar-refractivity contribution in [2.75, 3.05) is 19.7 Å². The number of carbonyl (C=O) groups excluding carboxylic acids is 1. The maximum Gasteiger partial charge on any atom is 0.164 e. The van der Waals surface area contributed by atoms with Crippen molar-refractivity contribution in [3.8, 4) is 0 Å². The Labute approximate surface area is 119 Å². The summed E-state index contributed by atoms with van der Waals surface area (Å²) in [7, 11) is 0.